The van der Waals surface area contributed by atoms with Crippen molar-refractivity contribution in [3.63, 3.8) is 0 Å². The molecule has 0 aliphatic heterocycles. The Balaban J connectivity index is 2.23. The monoisotopic (exact) mass is 378 g/mol. The number of benzene rings is 2. The highest BCUT2D eigenvalue weighted by Gasteiger charge is 2.37. The Hall–Kier alpha value is -3.16. The summed E-state index contributed by atoms with van der Waals surface area (Å²) < 4.78 is 37.8. The fourth-order valence-electron chi connectivity index (χ4n) is 2.18. The van der Waals surface area contributed by atoms with E-state index in [1.165, 1.54) is 40.2 Å². The number of carbonyl (C=O) groups excluding carboxylic acids is 2. The Morgan fingerprint density at radius 2 is 1.52 bits per heavy atom. The van der Waals surface area contributed by atoms with Crippen molar-refractivity contribution in [2.24, 2.45) is 5.41 Å². The lowest BCUT2D eigenvalue weighted by Gasteiger charge is -2.23. The summed E-state index contributed by atoms with van der Waals surface area (Å²) in [5, 5.41) is 4.71. The van der Waals surface area contributed by atoms with E-state index in [1.807, 2.05) is 0 Å². The summed E-state index contributed by atoms with van der Waals surface area (Å²) in [6, 6.07) is 7.96. The lowest BCUT2D eigenvalue weighted by molar-refractivity contribution is -0.135. The molecular weight excluding hydrogens is 358 g/mol. The van der Waals surface area contributed by atoms with E-state index in [0.717, 1.165) is 12.1 Å². The van der Waals surface area contributed by atoms with Crippen LogP contribution >= 0.6 is 0 Å². The highest BCUT2D eigenvalue weighted by atomic mass is 19.1. The smallest absolute Gasteiger partial charge is 0.239 e. The number of hydrogen-bond donors (Lipinski definition) is 2. The van der Waals surface area contributed by atoms with Crippen LogP contribution in [0.3, 0.4) is 0 Å². The van der Waals surface area contributed by atoms with E-state index in [0.29, 0.717) is 17.2 Å². The fourth-order valence-corrected chi connectivity index (χ4v) is 2.18. The normalized spacial score (nSPS) is 10.9. The van der Waals surface area contributed by atoms with Crippen LogP contribution in [0.4, 0.5) is 20.2 Å². The molecule has 8 heteroatoms. The van der Waals surface area contributed by atoms with Crippen LogP contribution in [0.5, 0.6) is 11.5 Å². The van der Waals surface area contributed by atoms with Gasteiger partial charge in [-0.05, 0) is 38.1 Å². The molecule has 2 aromatic carbocycles. The molecule has 2 N–H and O–H groups in total. The summed E-state index contributed by atoms with van der Waals surface area (Å²) >= 11 is 0. The van der Waals surface area contributed by atoms with Crippen molar-refractivity contribution in [2.75, 3.05) is 24.9 Å². The third-order valence-electron chi connectivity index (χ3n) is 3.99. The molecule has 0 spiro atoms. The molecule has 2 rings (SSSR count). The second-order valence-corrected chi connectivity index (χ2v) is 6.20. The zero-order valence-electron chi connectivity index (χ0n) is 15.4. The van der Waals surface area contributed by atoms with Gasteiger partial charge in [0.05, 0.1) is 19.9 Å². The molecule has 0 radical (unpaired) electrons. The number of ether oxygens (including phenoxy) is 2. The van der Waals surface area contributed by atoms with Gasteiger partial charge in [0.25, 0.3) is 0 Å². The van der Waals surface area contributed by atoms with Crippen LogP contribution in [0.2, 0.25) is 0 Å². The quantitative estimate of drug-likeness (QED) is 0.754. The van der Waals surface area contributed by atoms with Gasteiger partial charge in [-0.15, -0.1) is 0 Å². The summed E-state index contributed by atoms with van der Waals surface area (Å²) in [6.45, 7) is 2.67. The van der Waals surface area contributed by atoms with Crippen LogP contribution in [0, 0.1) is 17.0 Å². The molecular formula is C19H20F2N2O4. The van der Waals surface area contributed by atoms with Crippen molar-refractivity contribution in [1.29, 1.82) is 0 Å². The Morgan fingerprint density at radius 3 is 2.07 bits per heavy atom. The second-order valence-electron chi connectivity index (χ2n) is 6.20. The van der Waals surface area contributed by atoms with Crippen LogP contribution in [0.15, 0.2) is 36.4 Å². The van der Waals surface area contributed by atoms with Crippen LogP contribution in [0.1, 0.15) is 13.8 Å². The second kappa shape index (κ2) is 8.03. The largest absolute Gasteiger partial charge is 0.497 e. The summed E-state index contributed by atoms with van der Waals surface area (Å²) in [5.74, 6) is -2.60. The molecule has 144 valence electrons. The van der Waals surface area contributed by atoms with Crippen LogP contribution in [0.25, 0.3) is 0 Å². The SMILES string of the molecule is COc1ccc(OC)c(NC(=O)C(C)(C)C(=O)Nc2c(F)cccc2F)c1. The van der Waals surface area contributed by atoms with Crippen LogP contribution < -0.4 is 20.1 Å². The maximum atomic E-state index is 13.7. The van der Waals surface area contributed by atoms with Gasteiger partial charge in [0.1, 0.15) is 34.2 Å². The van der Waals surface area contributed by atoms with Crippen molar-refractivity contribution in [1.82, 2.24) is 0 Å². The molecule has 0 atom stereocenters. The van der Waals surface area contributed by atoms with Crippen molar-refractivity contribution in [3.8, 4) is 11.5 Å². The van der Waals surface area contributed by atoms with E-state index in [9.17, 15) is 18.4 Å². The number of hydrogen-bond acceptors (Lipinski definition) is 4. The molecule has 2 aromatic rings. The molecule has 27 heavy (non-hydrogen) atoms. The van der Waals surface area contributed by atoms with Crippen molar-refractivity contribution in [2.45, 2.75) is 13.8 Å². The van der Waals surface area contributed by atoms with E-state index in [-0.39, 0.29) is 0 Å². The van der Waals surface area contributed by atoms with Crippen molar-refractivity contribution < 1.29 is 27.8 Å². The van der Waals surface area contributed by atoms with E-state index in [2.05, 4.69) is 10.6 Å². The number of para-hydroxylation sites is 1. The van der Waals surface area contributed by atoms with E-state index >= 15 is 0 Å². The molecule has 0 saturated heterocycles. The Morgan fingerprint density at radius 1 is 0.926 bits per heavy atom. The summed E-state index contributed by atoms with van der Waals surface area (Å²) in [5.41, 5.74) is -1.95. The zero-order chi connectivity index (χ0) is 20.2. The number of methoxy groups -OCH3 is 2. The van der Waals surface area contributed by atoms with Gasteiger partial charge in [-0.25, -0.2) is 8.78 Å². The molecule has 0 fully saturated rings. The standard InChI is InChI=1S/C19H20F2N2O4/c1-19(2,18(25)23-16-12(20)6-5-7-13(16)21)17(24)22-14-10-11(26-3)8-9-15(14)27-4/h5-10H,1-4H3,(H,22,24)(H,23,25). The average molecular weight is 378 g/mol. The first kappa shape index (κ1) is 20.2. The Labute approximate surface area is 155 Å². The zero-order valence-corrected chi connectivity index (χ0v) is 15.4. The molecule has 0 saturated carbocycles. The molecule has 0 aliphatic carbocycles. The summed E-state index contributed by atoms with van der Waals surface area (Å²) in [7, 11) is 2.89. The molecule has 0 aliphatic rings. The maximum Gasteiger partial charge on any atom is 0.239 e. The summed E-state index contributed by atoms with van der Waals surface area (Å²) in [4.78, 5) is 25.1. The van der Waals surface area contributed by atoms with Gasteiger partial charge in [0, 0.05) is 6.07 Å². The predicted octanol–water partition coefficient (Wildman–Crippen LogP) is 3.59. The first-order valence-corrected chi connectivity index (χ1v) is 7.99. The van der Waals surface area contributed by atoms with Gasteiger partial charge in [-0.2, -0.15) is 0 Å². The number of halogens is 2. The minimum atomic E-state index is -1.64. The molecule has 0 heterocycles. The minimum absolute atomic E-state index is 0.291. The number of anilines is 2. The molecule has 0 unspecified atom stereocenters. The fraction of sp³-hybridized carbons (Fsp3) is 0.263. The van der Waals surface area contributed by atoms with Gasteiger partial charge in [-0.3, -0.25) is 9.59 Å². The van der Waals surface area contributed by atoms with Crippen molar-refractivity contribution >= 4 is 23.2 Å². The van der Waals surface area contributed by atoms with Gasteiger partial charge in [-0.1, -0.05) is 6.07 Å². The molecule has 2 amide bonds. The van der Waals surface area contributed by atoms with Crippen molar-refractivity contribution in [3.05, 3.63) is 48.0 Å². The van der Waals surface area contributed by atoms with Gasteiger partial charge in [0.15, 0.2) is 0 Å². The van der Waals surface area contributed by atoms with Gasteiger partial charge < -0.3 is 20.1 Å². The van der Waals surface area contributed by atoms with Gasteiger partial charge in [0.2, 0.25) is 11.8 Å². The highest BCUT2D eigenvalue weighted by molar-refractivity contribution is 6.14. The Kier molecular flexibility index (Phi) is 5.99. The minimum Gasteiger partial charge on any atom is -0.497 e. The third kappa shape index (κ3) is 4.33. The molecule has 0 aromatic heterocycles. The number of rotatable bonds is 6. The lowest BCUT2D eigenvalue weighted by Crippen LogP contribution is -2.42. The van der Waals surface area contributed by atoms with Crippen LogP contribution in [-0.2, 0) is 9.59 Å². The Bertz CT molecular complexity index is 849. The number of amides is 2. The van der Waals surface area contributed by atoms with Gasteiger partial charge >= 0.3 is 0 Å². The number of carbonyl (C=O) groups is 2. The lowest BCUT2D eigenvalue weighted by atomic mass is 9.90. The van der Waals surface area contributed by atoms with E-state index in [4.69, 9.17) is 9.47 Å². The highest BCUT2D eigenvalue weighted by Crippen LogP contribution is 2.31. The molecule has 0 bridgehead atoms. The summed E-state index contributed by atoms with van der Waals surface area (Å²) in [6.07, 6.45) is 0. The third-order valence-corrected chi connectivity index (χ3v) is 3.99. The van der Waals surface area contributed by atoms with E-state index in [1.54, 1.807) is 12.1 Å². The number of nitrogens with one attached hydrogen (secondary N) is 2. The topological polar surface area (TPSA) is 76.7 Å². The average Bonchev–Trinajstić information content (AvgIpc) is 2.64. The maximum absolute atomic E-state index is 13.7. The molecule has 6 nitrogen and oxygen atoms in total. The van der Waals surface area contributed by atoms with Crippen LogP contribution in [-0.4, -0.2) is 26.0 Å². The van der Waals surface area contributed by atoms with E-state index < -0.39 is 34.6 Å². The first-order chi connectivity index (χ1) is 12.7. The predicted molar refractivity (Wildman–Crippen MR) is 96.9 cm³/mol. The first-order valence-electron chi connectivity index (χ1n) is 7.99.